The Balaban J connectivity index is 4.37. The first kappa shape index (κ1) is 16.8. The van der Waals surface area contributed by atoms with Crippen molar-refractivity contribution in [2.24, 2.45) is 5.73 Å². The topological polar surface area (TPSA) is 55.1 Å². The molecule has 0 aromatic heterocycles. The van der Waals surface area contributed by atoms with E-state index in [0.717, 1.165) is 25.8 Å². The van der Waals surface area contributed by atoms with E-state index in [2.05, 4.69) is 33.0 Å². The SMILES string of the molecule is CCCNC(C)(CC(C)SC(C)CC)C(N)=O. The van der Waals surface area contributed by atoms with Crippen LogP contribution in [0.25, 0.3) is 0 Å². The van der Waals surface area contributed by atoms with Gasteiger partial charge in [0.2, 0.25) is 5.91 Å². The fourth-order valence-corrected chi connectivity index (χ4v) is 3.19. The minimum absolute atomic E-state index is 0.248. The van der Waals surface area contributed by atoms with Gasteiger partial charge in [0.15, 0.2) is 0 Å². The van der Waals surface area contributed by atoms with Crippen LogP contribution in [0.2, 0.25) is 0 Å². The maximum atomic E-state index is 11.6. The molecule has 0 aliphatic carbocycles. The highest BCUT2D eigenvalue weighted by atomic mass is 32.2. The Kier molecular flexibility index (Phi) is 7.88. The number of amides is 1. The van der Waals surface area contributed by atoms with Crippen molar-refractivity contribution in [3.05, 3.63) is 0 Å². The molecule has 17 heavy (non-hydrogen) atoms. The lowest BCUT2D eigenvalue weighted by atomic mass is 9.95. The van der Waals surface area contributed by atoms with Gasteiger partial charge in [-0.1, -0.05) is 27.7 Å². The Labute approximate surface area is 110 Å². The zero-order valence-corrected chi connectivity index (χ0v) is 12.7. The van der Waals surface area contributed by atoms with Crippen LogP contribution in [-0.4, -0.2) is 28.5 Å². The number of nitrogens with one attached hydrogen (secondary N) is 1. The van der Waals surface area contributed by atoms with Crippen molar-refractivity contribution in [3.63, 3.8) is 0 Å². The molecule has 3 N–H and O–H groups in total. The molecule has 0 fully saturated rings. The summed E-state index contributed by atoms with van der Waals surface area (Å²) in [5.41, 5.74) is 4.94. The summed E-state index contributed by atoms with van der Waals surface area (Å²) in [6, 6.07) is 0. The fourth-order valence-electron chi connectivity index (χ4n) is 1.78. The molecule has 1 amide bonds. The van der Waals surface area contributed by atoms with E-state index in [1.807, 2.05) is 18.7 Å². The van der Waals surface area contributed by atoms with Crippen LogP contribution in [0.1, 0.15) is 53.9 Å². The lowest BCUT2D eigenvalue weighted by Crippen LogP contribution is -2.54. The summed E-state index contributed by atoms with van der Waals surface area (Å²) in [5.74, 6) is -0.248. The minimum Gasteiger partial charge on any atom is -0.368 e. The van der Waals surface area contributed by atoms with E-state index in [1.54, 1.807) is 0 Å². The summed E-state index contributed by atoms with van der Waals surface area (Å²) in [6.45, 7) is 11.4. The molecule has 3 unspecified atom stereocenters. The predicted molar refractivity (Wildman–Crippen MR) is 77.3 cm³/mol. The Morgan fingerprint density at radius 3 is 2.35 bits per heavy atom. The zero-order valence-electron chi connectivity index (χ0n) is 11.9. The molecule has 0 aliphatic rings. The zero-order chi connectivity index (χ0) is 13.5. The number of nitrogens with two attached hydrogens (primary N) is 1. The van der Waals surface area contributed by atoms with Crippen LogP contribution in [0.4, 0.5) is 0 Å². The highest BCUT2D eigenvalue weighted by molar-refractivity contribution is 8.00. The average molecular weight is 260 g/mol. The maximum absolute atomic E-state index is 11.6. The van der Waals surface area contributed by atoms with Gasteiger partial charge in [-0.15, -0.1) is 0 Å². The van der Waals surface area contributed by atoms with Crippen LogP contribution in [0, 0.1) is 0 Å². The first-order chi connectivity index (χ1) is 7.85. The lowest BCUT2D eigenvalue weighted by Gasteiger charge is -2.31. The summed E-state index contributed by atoms with van der Waals surface area (Å²) < 4.78 is 0. The third kappa shape index (κ3) is 6.32. The summed E-state index contributed by atoms with van der Waals surface area (Å²) in [4.78, 5) is 11.6. The largest absolute Gasteiger partial charge is 0.368 e. The van der Waals surface area contributed by atoms with E-state index in [0.29, 0.717) is 10.5 Å². The van der Waals surface area contributed by atoms with E-state index in [9.17, 15) is 4.79 Å². The van der Waals surface area contributed by atoms with Gasteiger partial charge in [0, 0.05) is 10.5 Å². The van der Waals surface area contributed by atoms with Gasteiger partial charge in [0.05, 0.1) is 5.54 Å². The third-order valence-electron chi connectivity index (χ3n) is 3.04. The van der Waals surface area contributed by atoms with Gasteiger partial charge in [-0.05, 0) is 32.7 Å². The predicted octanol–water partition coefficient (Wildman–Crippen LogP) is 2.54. The number of hydrogen-bond donors (Lipinski definition) is 2. The van der Waals surface area contributed by atoms with E-state index in [4.69, 9.17) is 5.73 Å². The number of thioether (sulfide) groups is 1. The number of carbonyl (C=O) groups is 1. The second kappa shape index (κ2) is 7.98. The minimum atomic E-state index is -0.574. The first-order valence-electron chi connectivity index (χ1n) is 6.56. The van der Waals surface area contributed by atoms with E-state index in [-0.39, 0.29) is 5.91 Å². The Bertz CT molecular complexity index is 235. The third-order valence-corrected chi connectivity index (χ3v) is 4.47. The Morgan fingerprint density at radius 2 is 1.94 bits per heavy atom. The second-order valence-electron chi connectivity index (χ2n) is 4.99. The van der Waals surface area contributed by atoms with Gasteiger partial charge in [-0.2, -0.15) is 11.8 Å². The van der Waals surface area contributed by atoms with Crippen LogP contribution in [0.3, 0.4) is 0 Å². The molecule has 0 aromatic rings. The first-order valence-corrected chi connectivity index (χ1v) is 7.50. The molecular weight excluding hydrogens is 232 g/mol. The van der Waals surface area contributed by atoms with Gasteiger partial charge >= 0.3 is 0 Å². The molecule has 0 rings (SSSR count). The average Bonchev–Trinajstić information content (AvgIpc) is 2.25. The molecule has 0 spiro atoms. The standard InChI is InChI=1S/C13H28N2OS/c1-6-8-15-13(5,12(14)16)9-11(4)17-10(3)7-2/h10-11,15H,6-9H2,1-5H3,(H2,14,16). The van der Waals surface area contributed by atoms with Gasteiger partial charge in [0.1, 0.15) is 0 Å². The van der Waals surface area contributed by atoms with Crippen LogP contribution < -0.4 is 11.1 Å². The van der Waals surface area contributed by atoms with Crippen LogP contribution in [0.15, 0.2) is 0 Å². The molecule has 0 saturated carbocycles. The second-order valence-corrected chi connectivity index (χ2v) is 6.87. The lowest BCUT2D eigenvalue weighted by molar-refractivity contribution is -0.124. The quantitative estimate of drug-likeness (QED) is 0.670. The molecular formula is C13H28N2OS. The molecule has 4 heteroatoms. The van der Waals surface area contributed by atoms with Crippen LogP contribution >= 0.6 is 11.8 Å². The molecule has 3 atom stereocenters. The molecule has 0 aliphatic heterocycles. The molecule has 102 valence electrons. The smallest absolute Gasteiger partial charge is 0.237 e. The van der Waals surface area contributed by atoms with Crippen LogP contribution in [-0.2, 0) is 4.79 Å². The molecule has 0 heterocycles. The summed E-state index contributed by atoms with van der Waals surface area (Å²) in [5, 5.41) is 4.35. The van der Waals surface area contributed by atoms with E-state index < -0.39 is 5.54 Å². The van der Waals surface area contributed by atoms with Gasteiger partial charge < -0.3 is 11.1 Å². The van der Waals surface area contributed by atoms with Crippen molar-refractivity contribution in [1.82, 2.24) is 5.32 Å². The highest BCUT2D eigenvalue weighted by Crippen LogP contribution is 2.26. The molecule has 0 bridgehead atoms. The number of hydrogen-bond acceptors (Lipinski definition) is 3. The number of carbonyl (C=O) groups excluding carboxylic acids is 1. The van der Waals surface area contributed by atoms with Crippen molar-refractivity contribution in [2.75, 3.05) is 6.54 Å². The van der Waals surface area contributed by atoms with E-state index in [1.165, 1.54) is 0 Å². The molecule has 0 saturated heterocycles. The van der Waals surface area contributed by atoms with Gasteiger partial charge in [-0.3, -0.25) is 4.79 Å². The van der Waals surface area contributed by atoms with Crippen molar-refractivity contribution < 1.29 is 4.79 Å². The summed E-state index contributed by atoms with van der Waals surface area (Å²) >= 11 is 1.93. The van der Waals surface area contributed by atoms with Crippen molar-refractivity contribution in [2.45, 2.75) is 69.9 Å². The van der Waals surface area contributed by atoms with E-state index >= 15 is 0 Å². The molecule has 3 nitrogen and oxygen atoms in total. The fraction of sp³-hybridized carbons (Fsp3) is 0.923. The molecule has 0 radical (unpaired) electrons. The number of primary amides is 1. The van der Waals surface area contributed by atoms with Crippen molar-refractivity contribution in [3.8, 4) is 0 Å². The Morgan fingerprint density at radius 1 is 1.35 bits per heavy atom. The monoisotopic (exact) mass is 260 g/mol. The van der Waals surface area contributed by atoms with Gasteiger partial charge in [-0.25, -0.2) is 0 Å². The number of rotatable bonds is 9. The Hall–Kier alpha value is -0.220. The van der Waals surface area contributed by atoms with Crippen molar-refractivity contribution >= 4 is 17.7 Å². The summed E-state index contributed by atoms with van der Waals surface area (Å²) in [6.07, 6.45) is 2.96. The maximum Gasteiger partial charge on any atom is 0.237 e. The van der Waals surface area contributed by atoms with Crippen molar-refractivity contribution in [1.29, 1.82) is 0 Å². The normalized spacial score (nSPS) is 18.4. The van der Waals surface area contributed by atoms with Crippen LogP contribution in [0.5, 0.6) is 0 Å². The highest BCUT2D eigenvalue weighted by Gasteiger charge is 2.32. The molecule has 0 aromatic carbocycles. The van der Waals surface area contributed by atoms with Gasteiger partial charge in [0.25, 0.3) is 0 Å². The summed E-state index contributed by atoms with van der Waals surface area (Å²) in [7, 11) is 0.